The van der Waals surface area contributed by atoms with Gasteiger partial charge in [-0.25, -0.2) is 0 Å². The highest BCUT2D eigenvalue weighted by Gasteiger charge is 2.45. The number of ether oxygens (including phenoxy) is 4. The summed E-state index contributed by atoms with van der Waals surface area (Å²) in [6.07, 6.45) is 3.08. The monoisotopic (exact) mass is 468 g/mol. The molecule has 2 aromatic rings. The number of hydrogen-bond acceptors (Lipinski definition) is 6. The van der Waals surface area contributed by atoms with Crippen molar-refractivity contribution >= 4 is 11.8 Å². The normalized spacial score (nSPS) is 20.0. The second-order valence-electron chi connectivity index (χ2n) is 8.63. The van der Waals surface area contributed by atoms with Crippen molar-refractivity contribution in [1.82, 2.24) is 9.80 Å². The van der Waals surface area contributed by atoms with Gasteiger partial charge in [0.2, 0.25) is 5.91 Å². The summed E-state index contributed by atoms with van der Waals surface area (Å²) >= 11 is 0. The minimum Gasteiger partial charge on any atom is -0.493 e. The minimum atomic E-state index is -0.603. The third kappa shape index (κ3) is 4.02. The van der Waals surface area contributed by atoms with Crippen molar-refractivity contribution in [3.05, 3.63) is 47.0 Å². The maximum absolute atomic E-state index is 14.0. The van der Waals surface area contributed by atoms with E-state index in [0.29, 0.717) is 47.2 Å². The van der Waals surface area contributed by atoms with Crippen molar-refractivity contribution in [3.63, 3.8) is 0 Å². The first-order valence-corrected chi connectivity index (χ1v) is 11.5. The Morgan fingerprint density at radius 2 is 1.41 bits per heavy atom. The van der Waals surface area contributed by atoms with E-state index < -0.39 is 12.0 Å². The Kier molecular flexibility index (Phi) is 6.86. The van der Waals surface area contributed by atoms with Gasteiger partial charge in [0.1, 0.15) is 0 Å². The lowest BCUT2D eigenvalue weighted by molar-refractivity contribution is -0.135. The van der Waals surface area contributed by atoms with E-state index in [4.69, 9.17) is 18.9 Å². The zero-order valence-corrected chi connectivity index (χ0v) is 20.4. The summed E-state index contributed by atoms with van der Waals surface area (Å²) in [5.74, 6) is 1.29. The number of methoxy groups -OCH3 is 4. The van der Waals surface area contributed by atoms with Gasteiger partial charge in [0.15, 0.2) is 23.0 Å². The molecule has 34 heavy (non-hydrogen) atoms. The zero-order chi connectivity index (χ0) is 24.4. The van der Waals surface area contributed by atoms with Gasteiger partial charge < -0.3 is 28.7 Å². The van der Waals surface area contributed by atoms with Crippen molar-refractivity contribution in [2.45, 2.75) is 31.2 Å². The Balaban J connectivity index is 1.91. The fourth-order valence-corrected chi connectivity index (χ4v) is 5.08. The summed E-state index contributed by atoms with van der Waals surface area (Å²) in [4.78, 5) is 31.1. The number of benzene rings is 2. The summed E-state index contributed by atoms with van der Waals surface area (Å²) in [5.41, 5.74) is 1.90. The highest BCUT2D eigenvalue weighted by molar-refractivity contribution is 6.02. The van der Waals surface area contributed by atoms with E-state index in [-0.39, 0.29) is 11.8 Å². The topological polar surface area (TPSA) is 77.5 Å². The molecule has 0 N–H and O–H groups in total. The first-order chi connectivity index (χ1) is 16.4. The lowest BCUT2D eigenvalue weighted by Crippen LogP contribution is -2.48. The number of carbonyl (C=O) groups excluding carboxylic acids is 2. The van der Waals surface area contributed by atoms with E-state index in [0.717, 1.165) is 24.8 Å². The Morgan fingerprint density at radius 3 is 2.03 bits per heavy atom. The number of hydrogen-bond donors (Lipinski definition) is 0. The Labute approximate surface area is 200 Å². The second-order valence-corrected chi connectivity index (χ2v) is 8.63. The van der Waals surface area contributed by atoms with Crippen LogP contribution >= 0.6 is 0 Å². The Bertz CT molecular complexity index is 1080. The quantitative estimate of drug-likeness (QED) is 0.644. The van der Waals surface area contributed by atoms with Gasteiger partial charge in [0.05, 0.1) is 40.4 Å². The lowest BCUT2D eigenvalue weighted by atomic mass is 9.78. The van der Waals surface area contributed by atoms with Gasteiger partial charge in [-0.1, -0.05) is 6.07 Å². The van der Waals surface area contributed by atoms with E-state index in [1.807, 2.05) is 17.0 Å². The lowest BCUT2D eigenvalue weighted by Gasteiger charge is -2.42. The van der Waals surface area contributed by atoms with Crippen LogP contribution in [-0.4, -0.2) is 70.2 Å². The average Bonchev–Trinajstić information content (AvgIpc) is 2.89. The molecular formula is C26H32N2O6. The molecule has 2 amide bonds. The molecular weight excluding hydrogens is 436 g/mol. The average molecular weight is 469 g/mol. The molecule has 1 fully saturated rings. The maximum atomic E-state index is 14.0. The number of carbonyl (C=O) groups is 2. The van der Waals surface area contributed by atoms with Crippen LogP contribution < -0.4 is 18.9 Å². The SMILES string of the molecule is COc1ccc(C2C(C(=O)N3CCCCC3)c3cc(OC)c(OC)cc3C(=O)N2C)cc1OC. The van der Waals surface area contributed by atoms with E-state index >= 15 is 0 Å². The molecule has 0 bridgehead atoms. The molecule has 1 saturated heterocycles. The first-order valence-electron chi connectivity index (χ1n) is 11.5. The highest BCUT2D eigenvalue weighted by atomic mass is 16.5. The van der Waals surface area contributed by atoms with Crippen LogP contribution in [0.25, 0.3) is 0 Å². The van der Waals surface area contributed by atoms with Crippen LogP contribution in [0.3, 0.4) is 0 Å². The molecule has 0 radical (unpaired) electrons. The number of rotatable bonds is 6. The molecule has 8 heteroatoms. The first kappa shape index (κ1) is 23.7. The standard InChI is InChI=1S/C26H32N2O6/c1-27-24(16-9-10-19(31-2)20(13-16)32-3)23(26(30)28-11-7-6-8-12-28)17-14-21(33-4)22(34-5)15-18(17)25(27)29/h9-10,13-15,23-24H,6-8,11-12H2,1-5H3. The maximum Gasteiger partial charge on any atom is 0.254 e. The van der Waals surface area contributed by atoms with Gasteiger partial charge in [-0.3, -0.25) is 9.59 Å². The third-order valence-electron chi connectivity index (χ3n) is 6.86. The minimum absolute atomic E-state index is 0.00676. The largest absolute Gasteiger partial charge is 0.493 e. The van der Waals surface area contributed by atoms with Gasteiger partial charge >= 0.3 is 0 Å². The zero-order valence-electron chi connectivity index (χ0n) is 20.4. The van der Waals surface area contributed by atoms with Crippen molar-refractivity contribution in [3.8, 4) is 23.0 Å². The third-order valence-corrected chi connectivity index (χ3v) is 6.86. The van der Waals surface area contributed by atoms with Gasteiger partial charge in [0, 0.05) is 25.7 Å². The molecule has 0 spiro atoms. The number of piperidine rings is 1. The van der Waals surface area contributed by atoms with E-state index in [9.17, 15) is 9.59 Å². The van der Waals surface area contributed by atoms with Crippen molar-refractivity contribution in [2.75, 3.05) is 48.6 Å². The molecule has 0 aliphatic carbocycles. The summed E-state index contributed by atoms with van der Waals surface area (Å²) in [6, 6.07) is 8.47. The predicted octanol–water partition coefficient (Wildman–Crippen LogP) is 3.64. The Morgan fingerprint density at radius 1 is 0.824 bits per heavy atom. The number of fused-ring (bicyclic) bond motifs is 1. The molecule has 2 atom stereocenters. The summed E-state index contributed by atoms with van der Waals surface area (Å²) in [7, 11) is 7.96. The molecule has 0 aromatic heterocycles. The second kappa shape index (κ2) is 9.83. The molecule has 2 aromatic carbocycles. The molecule has 2 aliphatic rings. The number of likely N-dealkylation sites (tertiary alicyclic amines) is 1. The Hall–Kier alpha value is -3.42. The van der Waals surface area contributed by atoms with Crippen LogP contribution in [0, 0.1) is 0 Å². The van der Waals surface area contributed by atoms with Gasteiger partial charge in [0.25, 0.3) is 5.91 Å². The van der Waals surface area contributed by atoms with Crippen LogP contribution in [0.4, 0.5) is 0 Å². The van der Waals surface area contributed by atoms with Crippen molar-refractivity contribution < 1.29 is 28.5 Å². The fourth-order valence-electron chi connectivity index (χ4n) is 5.08. The van der Waals surface area contributed by atoms with E-state index in [1.165, 1.54) is 7.11 Å². The van der Waals surface area contributed by atoms with Crippen LogP contribution in [0.2, 0.25) is 0 Å². The van der Waals surface area contributed by atoms with E-state index in [1.54, 1.807) is 51.5 Å². The van der Waals surface area contributed by atoms with Crippen LogP contribution in [0.1, 0.15) is 52.7 Å². The molecule has 8 nitrogen and oxygen atoms in total. The molecule has 2 aliphatic heterocycles. The van der Waals surface area contributed by atoms with Crippen LogP contribution in [0.15, 0.2) is 30.3 Å². The molecule has 182 valence electrons. The number of likely N-dealkylation sites (N-methyl/N-ethyl adjacent to an activating group) is 1. The van der Waals surface area contributed by atoms with Gasteiger partial charge in [-0.2, -0.15) is 0 Å². The van der Waals surface area contributed by atoms with Gasteiger partial charge in [-0.05, 0) is 54.7 Å². The number of nitrogens with zero attached hydrogens (tertiary/aromatic N) is 2. The molecule has 2 heterocycles. The van der Waals surface area contributed by atoms with Crippen molar-refractivity contribution in [1.29, 1.82) is 0 Å². The van der Waals surface area contributed by atoms with E-state index in [2.05, 4.69) is 0 Å². The molecule has 4 rings (SSSR count). The fraction of sp³-hybridized carbons (Fsp3) is 0.462. The predicted molar refractivity (Wildman–Crippen MR) is 127 cm³/mol. The summed E-state index contributed by atoms with van der Waals surface area (Å²) < 4.78 is 21.9. The molecule has 0 saturated carbocycles. The smallest absolute Gasteiger partial charge is 0.254 e. The number of amides is 2. The summed E-state index contributed by atoms with van der Waals surface area (Å²) in [6.45, 7) is 1.43. The highest BCUT2D eigenvalue weighted by Crippen LogP contribution is 2.47. The van der Waals surface area contributed by atoms with Crippen LogP contribution in [-0.2, 0) is 4.79 Å². The van der Waals surface area contributed by atoms with Gasteiger partial charge in [-0.15, -0.1) is 0 Å². The molecule has 2 unspecified atom stereocenters. The van der Waals surface area contributed by atoms with Crippen molar-refractivity contribution in [2.24, 2.45) is 0 Å². The van der Waals surface area contributed by atoms with Crippen LogP contribution in [0.5, 0.6) is 23.0 Å². The summed E-state index contributed by atoms with van der Waals surface area (Å²) in [5, 5.41) is 0.